The summed E-state index contributed by atoms with van der Waals surface area (Å²) in [5.41, 5.74) is 1.02. The second kappa shape index (κ2) is 8.37. The zero-order valence-electron chi connectivity index (χ0n) is 14.5. The second-order valence-corrected chi connectivity index (χ2v) is 8.68. The molecule has 0 aliphatic carbocycles. The molecule has 0 aromatic heterocycles. The third-order valence-electron chi connectivity index (χ3n) is 4.30. The van der Waals surface area contributed by atoms with E-state index in [4.69, 9.17) is 0 Å². The average Bonchev–Trinajstić information content (AvgIpc) is 2.53. The van der Waals surface area contributed by atoms with E-state index in [0.29, 0.717) is 13.1 Å². The van der Waals surface area contributed by atoms with E-state index in [9.17, 15) is 26.9 Å². The molecule has 5 nitrogen and oxygen atoms in total. The molecule has 0 bridgehead atoms. The molecule has 1 aliphatic rings. The van der Waals surface area contributed by atoms with Gasteiger partial charge in [0.05, 0.1) is 11.8 Å². The van der Waals surface area contributed by atoms with Crippen molar-refractivity contribution in [2.45, 2.75) is 32.1 Å². The van der Waals surface area contributed by atoms with E-state index in [1.807, 2.05) is 35.2 Å². The summed E-state index contributed by atoms with van der Waals surface area (Å²) in [4.78, 5) is 1.89. The second-order valence-electron chi connectivity index (χ2n) is 6.66. The Morgan fingerprint density at radius 2 is 1.92 bits per heavy atom. The van der Waals surface area contributed by atoms with Gasteiger partial charge in [-0.15, -0.1) is 0 Å². The quantitative estimate of drug-likeness (QED) is 0.750. The minimum absolute atomic E-state index is 0.0234. The highest BCUT2D eigenvalue weighted by Crippen LogP contribution is 2.26. The first-order valence-electron chi connectivity index (χ1n) is 8.33. The topological polar surface area (TPSA) is 64.4 Å². The fourth-order valence-electron chi connectivity index (χ4n) is 3.10. The molecule has 26 heavy (non-hydrogen) atoms. The standard InChI is InChI=1S/C17H22F3N3O2S/c1-14(9-17(18,19)20)13-26(24,25)23-8-7-22(16(10-21)12-23)11-15-5-3-2-4-6-15/h2-6,14,16H,7-9,11-13H2,1H3. The van der Waals surface area contributed by atoms with Crippen molar-refractivity contribution in [1.29, 1.82) is 5.26 Å². The van der Waals surface area contributed by atoms with E-state index >= 15 is 0 Å². The van der Waals surface area contributed by atoms with Crippen LogP contribution in [0.3, 0.4) is 0 Å². The van der Waals surface area contributed by atoms with Crippen molar-refractivity contribution >= 4 is 10.0 Å². The third-order valence-corrected chi connectivity index (χ3v) is 6.41. The normalized spacial score (nSPS) is 21.3. The molecule has 1 aromatic rings. The highest BCUT2D eigenvalue weighted by molar-refractivity contribution is 7.89. The zero-order valence-corrected chi connectivity index (χ0v) is 15.3. The Hall–Kier alpha value is -1.63. The van der Waals surface area contributed by atoms with Crippen LogP contribution in [-0.4, -0.2) is 55.2 Å². The van der Waals surface area contributed by atoms with Crippen LogP contribution in [0.15, 0.2) is 30.3 Å². The Labute approximate surface area is 152 Å². The van der Waals surface area contributed by atoms with Crippen molar-refractivity contribution < 1.29 is 21.6 Å². The lowest BCUT2D eigenvalue weighted by molar-refractivity contribution is -0.141. The predicted octanol–water partition coefficient (Wildman–Crippen LogP) is 2.61. The number of nitriles is 1. The highest BCUT2D eigenvalue weighted by Gasteiger charge is 2.36. The van der Waals surface area contributed by atoms with E-state index < -0.39 is 40.3 Å². The Morgan fingerprint density at radius 1 is 1.27 bits per heavy atom. The maximum Gasteiger partial charge on any atom is 0.389 e. The molecule has 1 aromatic carbocycles. The summed E-state index contributed by atoms with van der Waals surface area (Å²) >= 11 is 0. The van der Waals surface area contributed by atoms with Crippen LogP contribution in [0.25, 0.3) is 0 Å². The van der Waals surface area contributed by atoms with Crippen LogP contribution in [0.5, 0.6) is 0 Å². The van der Waals surface area contributed by atoms with Gasteiger partial charge in [-0.2, -0.15) is 22.7 Å². The molecule has 0 saturated carbocycles. The number of hydrogen-bond donors (Lipinski definition) is 0. The van der Waals surface area contributed by atoms with Crippen molar-refractivity contribution in [2.24, 2.45) is 5.92 Å². The summed E-state index contributed by atoms with van der Waals surface area (Å²) in [7, 11) is -3.84. The fraction of sp³-hybridized carbons (Fsp3) is 0.588. The van der Waals surface area contributed by atoms with E-state index in [1.54, 1.807) is 0 Å². The summed E-state index contributed by atoms with van der Waals surface area (Å²) in [6.45, 7) is 2.31. The van der Waals surface area contributed by atoms with Crippen LogP contribution in [0.4, 0.5) is 13.2 Å². The lowest BCUT2D eigenvalue weighted by atomic mass is 10.1. The number of piperazine rings is 1. The fourth-order valence-corrected chi connectivity index (χ4v) is 4.87. The van der Waals surface area contributed by atoms with E-state index in [1.165, 1.54) is 6.92 Å². The maximum atomic E-state index is 12.4. The molecule has 0 radical (unpaired) electrons. The lowest BCUT2D eigenvalue weighted by Gasteiger charge is -2.37. The minimum Gasteiger partial charge on any atom is -0.281 e. The molecule has 0 spiro atoms. The van der Waals surface area contributed by atoms with Gasteiger partial charge in [0, 0.05) is 32.6 Å². The van der Waals surface area contributed by atoms with Crippen LogP contribution in [-0.2, 0) is 16.6 Å². The first-order valence-corrected chi connectivity index (χ1v) is 9.94. The Bertz CT molecular complexity index is 732. The van der Waals surface area contributed by atoms with Crippen molar-refractivity contribution in [2.75, 3.05) is 25.4 Å². The van der Waals surface area contributed by atoms with Crippen LogP contribution in [0.1, 0.15) is 18.9 Å². The van der Waals surface area contributed by atoms with E-state index in [2.05, 4.69) is 6.07 Å². The van der Waals surface area contributed by atoms with Gasteiger partial charge in [0.15, 0.2) is 0 Å². The van der Waals surface area contributed by atoms with Crippen molar-refractivity contribution in [3.05, 3.63) is 35.9 Å². The lowest BCUT2D eigenvalue weighted by Crippen LogP contribution is -2.54. The van der Waals surface area contributed by atoms with Gasteiger partial charge in [-0.3, -0.25) is 4.90 Å². The number of alkyl halides is 3. The van der Waals surface area contributed by atoms with Gasteiger partial charge in [0.25, 0.3) is 0 Å². The number of halogens is 3. The SMILES string of the molecule is CC(CC(F)(F)F)CS(=O)(=O)N1CCN(Cc2ccccc2)C(C#N)C1. The summed E-state index contributed by atoms with van der Waals surface area (Å²) < 4.78 is 63.3. The van der Waals surface area contributed by atoms with Gasteiger partial charge >= 0.3 is 6.18 Å². The molecule has 0 N–H and O–H groups in total. The Balaban J connectivity index is 1.99. The molecule has 0 amide bonds. The Morgan fingerprint density at radius 3 is 2.50 bits per heavy atom. The van der Waals surface area contributed by atoms with Crippen molar-refractivity contribution in [1.82, 2.24) is 9.21 Å². The first kappa shape index (κ1) is 20.7. The third kappa shape index (κ3) is 5.97. The molecule has 2 rings (SSSR count). The number of sulfonamides is 1. The molecule has 2 atom stereocenters. The van der Waals surface area contributed by atoms with Crippen molar-refractivity contribution in [3.63, 3.8) is 0 Å². The molecular formula is C17H22F3N3O2S. The number of benzene rings is 1. The smallest absolute Gasteiger partial charge is 0.281 e. The molecular weight excluding hydrogens is 367 g/mol. The Kier molecular flexibility index (Phi) is 6.66. The summed E-state index contributed by atoms with van der Waals surface area (Å²) in [6, 6.07) is 11.0. The van der Waals surface area contributed by atoms with Gasteiger partial charge in [0.1, 0.15) is 6.04 Å². The van der Waals surface area contributed by atoms with Gasteiger partial charge < -0.3 is 0 Å². The van der Waals surface area contributed by atoms with Gasteiger partial charge in [-0.05, 0) is 11.5 Å². The number of rotatable bonds is 6. The monoisotopic (exact) mass is 389 g/mol. The summed E-state index contributed by atoms with van der Waals surface area (Å²) in [5, 5.41) is 9.40. The number of hydrogen-bond acceptors (Lipinski definition) is 4. The summed E-state index contributed by atoms with van der Waals surface area (Å²) in [5.74, 6) is -1.59. The average molecular weight is 389 g/mol. The van der Waals surface area contributed by atoms with Crippen LogP contribution >= 0.6 is 0 Å². The van der Waals surface area contributed by atoms with Crippen LogP contribution < -0.4 is 0 Å². The maximum absolute atomic E-state index is 12.4. The predicted molar refractivity (Wildman–Crippen MR) is 91.4 cm³/mol. The van der Waals surface area contributed by atoms with Crippen molar-refractivity contribution in [3.8, 4) is 6.07 Å². The van der Waals surface area contributed by atoms with Crippen LogP contribution in [0, 0.1) is 17.2 Å². The molecule has 144 valence electrons. The molecule has 1 heterocycles. The highest BCUT2D eigenvalue weighted by atomic mass is 32.2. The van der Waals surface area contributed by atoms with E-state index in [-0.39, 0.29) is 13.1 Å². The molecule has 1 saturated heterocycles. The largest absolute Gasteiger partial charge is 0.389 e. The molecule has 1 aliphatic heterocycles. The first-order chi connectivity index (χ1) is 12.1. The minimum atomic E-state index is -4.39. The van der Waals surface area contributed by atoms with Crippen LogP contribution in [0.2, 0.25) is 0 Å². The van der Waals surface area contributed by atoms with Gasteiger partial charge in [-0.25, -0.2) is 8.42 Å². The summed E-state index contributed by atoms with van der Waals surface area (Å²) in [6.07, 6.45) is -5.53. The van der Waals surface area contributed by atoms with Gasteiger partial charge in [0.2, 0.25) is 10.0 Å². The molecule has 2 unspecified atom stereocenters. The molecule has 9 heteroatoms. The van der Waals surface area contributed by atoms with Gasteiger partial charge in [-0.1, -0.05) is 37.3 Å². The molecule has 1 fully saturated rings. The number of nitrogens with zero attached hydrogens (tertiary/aromatic N) is 3. The zero-order chi connectivity index (χ0) is 19.4. The van der Waals surface area contributed by atoms with E-state index in [0.717, 1.165) is 9.87 Å².